The Hall–Kier alpha value is -2.63. The lowest BCUT2D eigenvalue weighted by Gasteiger charge is -2.49. The first-order valence-electron chi connectivity index (χ1n) is 10.2. The predicted molar refractivity (Wildman–Crippen MR) is 107 cm³/mol. The van der Waals surface area contributed by atoms with Crippen molar-refractivity contribution in [3.05, 3.63) is 54.6 Å². The predicted octanol–water partition coefficient (Wildman–Crippen LogP) is 2.53. The van der Waals surface area contributed by atoms with Gasteiger partial charge in [-0.25, -0.2) is 4.98 Å². The summed E-state index contributed by atoms with van der Waals surface area (Å²) >= 11 is 0. The molecule has 6 nitrogen and oxygen atoms in total. The molecule has 6 heteroatoms. The first-order chi connectivity index (χ1) is 13.6. The van der Waals surface area contributed by atoms with Crippen LogP contribution in [0, 0.1) is 5.41 Å². The molecule has 2 fully saturated rings. The zero-order valence-corrected chi connectivity index (χ0v) is 16.5. The van der Waals surface area contributed by atoms with Crippen LogP contribution in [0.15, 0.2) is 49.1 Å². The lowest BCUT2D eigenvalue weighted by molar-refractivity contribution is -0.144. The molecule has 1 spiro atoms. The molecule has 2 aliphatic rings. The zero-order valence-electron chi connectivity index (χ0n) is 16.5. The van der Waals surface area contributed by atoms with Crippen LogP contribution in [0.1, 0.15) is 37.7 Å². The molecule has 0 bridgehead atoms. The minimum Gasteiger partial charge on any atom is -0.342 e. The van der Waals surface area contributed by atoms with Crippen LogP contribution in [-0.2, 0) is 16.1 Å². The van der Waals surface area contributed by atoms with E-state index in [9.17, 15) is 9.59 Å². The molecule has 2 amide bonds. The van der Waals surface area contributed by atoms with Crippen molar-refractivity contribution in [2.24, 2.45) is 5.41 Å². The van der Waals surface area contributed by atoms with Crippen molar-refractivity contribution < 1.29 is 9.59 Å². The average Bonchev–Trinajstić information content (AvgIpc) is 3.24. The summed E-state index contributed by atoms with van der Waals surface area (Å²) in [5.74, 6) is 0.327. The molecule has 148 valence electrons. The molecule has 0 N–H and O–H groups in total. The van der Waals surface area contributed by atoms with Crippen LogP contribution >= 0.6 is 0 Å². The van der Waals surface area contributed by atoms with Gasteiger partial charge in [0.1, 0.15) is 6.54 Å². The lowest BCUT2D eigenvalue weighted by Crippen LogP contribution is -2.54. The Balaban J connectivity index is 1.46. The number of aromatic nitrogens is 2. The Bertz CT molecular complexity index is 810. The molecule has 1 atom stereocenters. The molecule has 0 saturated carbocycles. The smallest absolute Gasteiger partial charge is 0.242 e. The Kier molecular flexibility index (Phi) is 5.20. The molecule has 2 aromatic rings. The SMILES string of the molecule is CCN1CC2(CCN(C(=O)Cn3ccnc3)CC2)C[C@H](c2ccccc2)C1=O. The highest BCUT2D eigenvalue weighted by molar-refractivity contribution is 5.85. The number of amides is 2. The zero-order chi connectivity index (χ0) is 19.6. The van der Waals surface area contributed by atoms with E-state index in [4.69, 9.17) is 0 Å². The lowest BCUT2D eigenvalue weighted by atomic mass is 9.67. The van der Waals surface area contributed by atoms with Crippen molar-refractivity contribution in [3.8, 4) is 0 Å². The number of benzene rings is 1. The maximum absolute atomic E-state index is 13.0. The maximum atomic E-state index is 13.0. The van der Waals surface area contributed by atoms with E-state index in [2.05, 4.69) is 24.0 Å². The number of rotatable bonds is 4. The van der Waals surface area contributed by atoms with Crippen LogP contribution in [0.2, 0.25) is 0 Å². The van der Waals surface area contributed by atoms with Gasteiger partial charge >= 0.3 is 0 Å². The molecular formula is C22H28N4O2. The van der Waals surface area contributed by atoms with Gasteiger partial charge in [0.15, 0.2) is 0 Å². The van der Waals surface area contributed by atoms with Gasteiger partial charge in [-0.15, -0.1) is 0 Å². The summed E-state index contributed by atoms with van der Waals surface area (Å²) < 4.78 is 1.82. The Morgan fingerprint density at radius 1 is 1.21 bits per heavy atom. The van der Waals surface area contributed by atoms with Crippen molar-refractivity contribution in [2.75, 3.05) is 26.2 Å². The first-order valence-corrected chi connectivity index (χ1v) is 10.2. The minimum absolute atomic E-state index is 0.0666. The monoisotopic (exact) mass is 380 g/mol. The molecule has 1 aromatic carbocycles. The van der Waals surface area contributed by atoms with Gasteiger partial charge in [0.25, 0.3) is 0 Å². The van der Waals surface area contributed by atoms with E-state index >= 15 is 0 Å². The second kappa shape index (κ2) is 7.78. The molecule has 28 heavy (non-hydrogen) atoms. The van der Waals surface area contributed by atoms with E-state index in [1.165, 1.54) is 0 Å². The van der Waals surface area contributed by atoms with Crippen molar-refractivity contribution >= 4 is 11.8 Å². The number of carbonyl (C=O) groups excluding carboxylic acids is 2. The summed E-state index contributed by atoms with van der Waals surface area (Å²) in [6.45, 7) is 5.49. The number of nitrogens with zero attached hydrogens (tertiary/aromatic N) is 4. The summed E-state index contributed by atoms with van der Waals surface area (Å²) in [5, 5.41) is 0. The highest BCUT2D eigenvalue weighted by Crippen LogP contribution is 2.45. The van der Waals surface area contributed by atoms with Crippen molar-refractivity contribution in [3.63, 3.8) is 0 Å². The largest absolute Gasteiger partial charge is 0.342 e. The molecule has 0 aliphatic carbocycles. The van der Waals surface area contributed by atoms with Crippen molar-refractivity contribution in [2.45, 2.75) is 38.6 Å². The maximum Gasteiger partial charge on any atom is 0.242 e. The van der Waals surface area contributed by atoms with E-state index in [1.807, 2.05) is 38.8 Å². The molecule has 2 aliphatic heterocycles. The summed E-state index contributed by atoms with van der Waals surface area (Å²) in [6.07, 6.45) is 7.99. The third-order valence-electron chi connectivity index (χ3n) is 6.41. The molecule has 0 unspecified atom stereocenters. The summed E-state index contributed by atoms with van der Waals surface area (Å²) in [5.41, 5.74) is 1.22. The third-order valence-corrected chi connectivity index (χ3v) is 6.41. The van der Waals surface area contributed by atoms with Gasteiger partial charge in [-0.3, -0.25) is 9.59 Å². The van der Waals surface area contributed by atoms with E-state index < -0.39 is 0 Å². The molecule has 3 heterocycles. The second-order valence-electron chi connectivity index (χ2n) is 8.14. The van der Waals surface area contributed by atoms with Gasteiger partial charge in [0.05, 0.1) is 12.2 Å². The summed E-state index contributed by atoms with van der Waals surface area (Å²) in [6, 6.07) is 10.2. The van der Waals surface area contributed by atoms with Gasteiger partial charge in [0.2, 0.25) is 11.8 Å². The van der Waals surface area contributed by atoms with E-state index in [0.717, 1.165) is 51.0 Å². The van der Waals surface area contributed by atoms with Gasteiger partial charge in [0, 0.05) is 38.6 Å². The highest BCUT2D eigenvalue weighted by Gasteiger charge is 2.46. The quantitative estimate of drug-likeness (QED) is 0.819. The van der Waals surface area contributed by atoms with Gasteiger partial charge in [-0.2, -0.15) is 0 Å². The fraction of sp³-hybridized carbons (Fsp3) is 0.500. The van der Waals surface area contributed by atoms with E-state index in [-0.39, 0.29) is 23.1 Å². The van der Waals surface area contributed by atoms with E-state index in [0.29, 0.717) is 6.54 Å². The van der Waals surface area contributed by atoms with Crippen LogP contribution < -0.4 is 0 Å². The Morgan fingerprint density at radius 3 is 2.61 bits per heavy atom. The molecule has 1 aromatic heterocycles. The second-order valence-corrected chi connectivity index (χ2v) is 8.14. The first kappa shape index (κ1) is 18.7. The number of hydrogen-bond acceptors (Lipinski definition) is 3. The number of imidazole rings is 1. The number of hydrogen-bond donors (Lipinski definition) is 0. The van der Waals surface area contributed by atoms with Crippen LogP contribution in [0.3, 0.4) is 0 Å². The summed E-state index contributed by atoms with van der Waals surface area (Å²) in [7, 11) is 0. The number of likely N-dealkylation sites (tertiary alicyclic amines) is 2. The number of carbonyl (C=O) groups is 2. The number of piperidine rings is 2. The van der Waals surface area contributed by atoms with Crippen LogP contribution in [-0.4, -0.2) is 57.3 Å². The fourth-order valence-corrected chi connectivity index (χ4v) is 4.73. The average molecular weight is 380 g/mol. The van der Waals surface area contributed by atoms with Crippen LogP contribution in [0.25, 0.3) is 0 Å². The van der Waals surface area contributed by atoms with Crippen molar-refractivity contribution in [1.82, 2.24) is 19.4 Å². The Morgan fingerprint density at radius 2 is 1.96 bits per heavy atom. The summed E-state index contributed by atoms with van der Waals surface area (Å²) in [4.78, 5) is 33.6. The normalized spacial score (nSPS) is 21.9. The van der Waals surface area contributed by atoms with Crippen LogP contribution in [0.4, 0.5) is 0 Å². The standard InChI is InChI=1S/C22H28N4O2/c1-2-25-16-22(14-19(21(25)28)18-6-4-3-5-7-18)8-11-26(12-9-22)20(27)15-24-13-10-23-17-24/h3-7,10,13,17,19H,2,8-9,11-12,14-16H2,1H3/t19-/m1/s1. The molecular weight excluding hydrogens is 352 g/mol. The van der Waals surface area contributed by atoms with Crippen molar-refractivity contribution in [1.29, 1.82) is 0 Å². The van der Waals surface area contributed by atoms with Gasteiger partial charge < -0.3 is 14.4 Å². The fourth-order valence-electron chi connectivity index (χ4n) is 4.73. The topological polar surface area (TPSA) is 58.4 Å². The number of likely N-dealkylation sites (N-methyl/N-ethyl adjacent to an activating group) is 1. The van der Waals surface area contributed by atoms with Gasteiger partial charge in [-0.05, 0) is 37.2 Å². The van der Waals surface area contributed by atoms with Crippen LogP contribution in [0.5, 0.6) is 0 Å². The van der Waals surface area contributed by atoms with E-state index in [1.54, 1.807) is 12.5 Å². The molecule has 0 radical (unpaired) electrons. The van der Waals surface area contributed by atoms with Gasteiger partial charge in [-0.1, -0.05) is 30.3 Å². The minimum atomic E-state index is -0.0666. The molecule has 4 rings (SSSR count). The highest BCUT2D eigenvalue weighted by atomic mass is 16.2. The third kappa shape index (κ3) is 3.68. The molecule has 2 saturated heterocycles. The Labute approximate surface area is 166 Å².